The van der Waals surface area contributed by atoms with Gasteiger partial charge in [-0.2, -0.15) is 0 Å². The fraction of sp³-hybridized carbons (Fsp3) is 1.00. The van der Waals surface area contributed by atoms with Crippen molar-refractivity contribution in [1.82, 2.24) is 0 Å². The van der Waals surface area contributed by atoms with Gasteiger partial charge in [0.1, 0.15) is 0 Å². The fourth-order valence-electron chi connectivity index (χ4n) is 8.41. The van der Waals surface area contributed by atoms with Crippen molar-refractivity contribution in [3.8, 4) is 0 Å². The van der Waals surface area contributed by atoms with Gasteiger partial charge in [-0.1, -0.05) is 309 Å². The minimum absolute atomic E-state index is 0.104. The van der Waals surface area contributed by atoms with Crippen LogP contribution in [0.25, 0.3) is 0 Å². The molecule has 2 heteroatoms. The van der Waals surface area contributed by atoms with E-state index in [0.29, 0.717) is 0 Å². The Kier molecular flexibility index (Phi) is 48.9. The standard InChI is InChI=1S/C50H104N2/c1-2-3-4-5-6-7-8-9-10-11-12-13-14-15-16-17-18-19-20-21-22-23-24-25-26-27-28-29-30-31-32-33-34-35-36-37-38-39-40-41-42-43-44-45-46-47-48-49-50(51)52/h50H,2-49,51-52H2,1H3. The maximum absolute atomic E-state index is 5.61. The zero-order valence-electron chi connectivity index (χ0n) is 36.7. The van der Waals surface area contributed by atoms with Gasteiger partial charge in [0, 0.05) is 0 Å². The summed E-state index contributed by atoms with van der Waals surface area (Å²) in [6.45, 7) is 2.31. The summed E-state index contributed by atoms with van der Waals surface area (Å²) in [5, 5.41) is 0. The molecule has 4 N–H and O–H groups in total. The molecule has 0 fully saturated rings. The Labute approximate surface area is 331 Å². The van der Waals surface area contributed by atoms with Gasteiger partial charge < -0.3 is 11.5 Å². The number of unbranched alkanes of at least 4 members (excludes halogenated alkanes) is 46. The predicted octanol–water partition coefficient (Wildman–Crippen LogP) is 18.0. The smallest absolute Gasteiger partial charge is 0.0520 e. The molecule has 0 aromatic heterocycles. The van der Waals surface area contributed by atoms with Gasteiger partial charge in [0.15, 0.2) is 0 Å². The number of nitrogens with two attached hydrogens (primary N) is 2. The van der Waals surface area contributed by atoms with Crippen LogP contribution in [0.15, 0.2) is 0 Å². The van der Waals surface area contributed by atoms with Crippen LogP contribution < -0.4 is 11.5 Å². The van der Waals surface area contributed by atoms with Crippen molar-refractivity contribution >= 4 is 0 Å². The molecule has 0 amide bonds. The number of hydrogen-bond donors (Lipinski definition) is 2. The van der Waals surface area contributed by atoms with Crippen LogP contribution in [0.2, 0.25) is 0 Å². The molecule has 0 unspecified atom stereocenters. The van der Waals surface area contributed by atoms with E-state index in [2.05, 4.69) is 6.92 Å². The average Bonchev–Trinajstić information content (AvgIpc) is 3.14. The largest absolute Gasteiger partial charge is 0.316 e. The van der Waals surface area contributed by atoms with Crippen molar-refractivity contribution in [3.63, 3.8) is 0 Å². The summed E-state index contributed by atoms with van der Waals surface area (Å²) in [7, 11) is 0. The van der Waals surface area contributed by atoms with Gasteiger partial charge in [0.2, 0.25) is 0 Å². The Balaban J connectivity index is 3.05. The van der Waals surface area contributed by atoms with E-state index in [-0.39, 0.29) is 6.17 Å². The van der Waals surface area contributed by atoms with Gasteiger partial charge in [-0.05, 0) is 6.42 Å². The third-order valence-corrected chi connectivity index (χ3v) is 12.1. The Morgan fingerprint density at radius 3 is 0.423 bits per heavy atom. The molecule has 0 spiro atoms. The molecular formula is C50H104N2. The monoisotopic (exact) mass is 733 g/mol. The van der Waals surface area contributed by atoms with E-state index in [1.807, 2.05) is 0 Å². The lowest BCUT2D eigenvalue weighted by atomic mass is 10.0. The SMILES string of the molecule is CCCCCCCCCCCCCCCCCCCCCCCCCCCCCCCCCCCCCCCCCCCCCCCCCC(N)N. The van der Waals surface area contributed by atoms with Gasteiger partial charge in [-0.15, -0.1) is 0 Å². The van der Waals surface area contributed by atoms with E-state index in [1.54, 1.807) is 0 Å². The van der Waals surface area contributed by atoms with Crippen LogP contribution in [0.3, 0.4) is 0 Å². The van der Waals surface area contributed by atoms with Crippen molar-refractivity contribution in [2.45, 2.75) is 321 Å². The van der Waals surface area contributed by atoms with E-state index >= 15 is 0 Å². The Morgan fingerprint density at radius 2 is 0.308 bits per heavy atom. The molecule has 0 aromatic rings. The molecule has 0 saturated heterocycles. The highest BCUT2D eigenvalue weighted by Gasteiger charge is 1.99. The van der Waals surface area contributed by atoms with Crippen molar-refractivity contribution < 1.29 is 0 Å². The molecule has 0 bridgehead atoms. The first kappa shape index (κ1) is 51.9. The maximum Gasteiger partial charge on any atom is 0.0520 e. The molecule has 314 valence electrons. The minimum Gasteiger partial charge on any atom is -0.316 e. The van der Waals surface area contributed by atoms with Gasteiger partial charge in [-0.25, -0.2) is 0 Å². The average molecular weight is 733 g/mol. The minimum atomic E-state index is -0.104. The molecule has 0 saturated carbocycles. The lowest BCUT2D eigenvalue weighted by Crippen LogP contribution is -2.29. The third-order valence-electron chi connectivity index (χ3n) is 12.1. The summed E-state index contributed by atoms with van der Waals surface area (Å²) in [4.78, 5) is 0. The number of hydrogen-bond acceptors (Lipinski definition) is 2. The second-order valence-electron chi connectivity index (χ2n) is 17.7. The first-order valence-electron chi connectivity index (χ1n) is 25.3. The van der Waals surface area contributed by atoms with Crippen LogP contribution in [0.1, 0.15) is 315 Å². The van der Waals surface area contributed by atoms with Crippen LogP contribution >= 0.6 is 0 Å². The molecule has 0 heterocycles. The second kappa shape index (κ2) is 48.9. The molecule has 0 radical (unpaired) electrons. The maximum atomic E-state index is 5.61. The highest BCUT2D eigenvalue weighted by molar-refractivity contribution is 4.55. The Hall–Kier alpha value is -0.0800. The van der Waals surface area contributed by atoms with E-state index < -0.39 is 0 Å². The van der Waals surface area contributed by atoms with Crippen LogP contribution in [-0.2, 0) is 0 Å². The highest BCUT2D eigenvalue weighted by atomic mass is 14.8. The summed E-state index contributed by atoms with van der Waals surface area (Å²) >= 11 is 0. The van der Waals surface area contributed by atoms with E-state index in [0.717, 1.165) is 6.42 Å². The topological polar surface area (TPSA) is 52.0 Å². The van der Waals surface area contributed by atoms with Gasteiger partial charge in [0.25, 0.3) is 0 Å². The lowest BCUT2D eigenvalue weighted by molar-refractivity contribution is 0.507. The Bertz CT molecular complexity index is 589. The molecule has 0 aliphatic heterocycles. The molecule has 0 aliphatic carbocycles. The molecule has 0 atom stereocenters. The molecular weight excluding hydrogens is 629 g/mol. The normalized spacial score (nSPS) is 11.8. The quantitative estimate of drug-likeness (QED) is 0.0483. The van der Waals surface area contributed by atoms with Crippen LogP contribution in [0, 0.1) is 0 Å². The van der Waals surface area contributed by atoms with Crippen LogP contribution in [0.5, 0.6) is 0 Å². The first-order valence-corrected chi connectivity index (χ1v) is 25.3. The first-order chi connectivity index (χ1) is 25.8. The van der Waals surface area contributed by atoms with Gasteiger partial charge in [-0.3, -0.25) is 0 Å². The zero-order chi connectivity index (χ0) is 37.5. The zero-order valence-corrected chi connectivity index (χ0v) is 36.7. The molecule has 52 heavy (non-hydrogen) atoms. The molecule has 0 aliphatic rings. The van der Waals surface area contributed by atoms with E-state index in [1.165, 1.54) is 302 Å². The number of rotatable bonds is 48. The van der Waals surface area contributed by atoms with Crippen molar-refractivity contribution in [1.29, 1.82) is 0 Å². The van der Waals surface area contributed by atoms with E-state index in [4.69, 9.17) is 11.5 Å². The van der Waals surface area contributed by atoms with Crippen molar-refractivity contribution in [3.05, 3.63) is 0 Å². The van der Waals surface area contributed by atoms with Gasteiger partial charge >= 0.3 is 0 Å². The lowest BCUT2D eigenvalue weighted by Gasteiger charge is -2.05. The van der Waals surface area contributed by atoms with Crippen LogP contribution in [-0.4, -0.2) is 6.17 Å². The van der Waals surface area contributed by atoms with Crippen molar-refractivity contribution in [2.75, 3.05) is 0 Å². The van der Waals surface area contributed by atoms with E-state index in [9.17, 15) is 0 Å². The van der Waals surface area contributed by atoms with Crippen LogP contribution in [0.4, 0.5) is 0 Å². The summed E-state index contributed by atoms with van der Waals surface area (Å²) in [5.41, 5.74) is 11.2. The summed E-state index contributed by atoms with van der Waals surface area (Å²) in [6.07, 6.45) is 69.8. The van der Waals surface area contributed by atoms with Crippen molar-refractivity contribution in [2.24, 2.45) is 11.5 Å². The third kappa shape index (κ3) is 49.9. The molecule has 0 rings (SSSR count). The van der Waals surface area contributed by atoms with Gasteiger partial charge in [0.05, 0.1) is 6.17 Å². The second-order valence-corrected chi connectivity index (χ2v) is 17.7. The fourth-order valence-corrected chi connectivity index (χ4v) is 8.41. The molecule has 0 aromatic carbocycles. The summed E-state index contributed by atoms with van der Waals surface area (Å²) in [6, 6.07) is 0. The summed E-state index contributed by atoms with van der Waals surface area (Å²) < 4.78 is 0. The summed E-state index contributed by atoms with van der Waals surface area (Å²) in [5.74, 6) is 0. The highest BCUT2D eigenvalue weighted by Crippen LogP contribution is 2.18. The predicted molar refractivity (Wildman–Crippen MR) is 239 cm³/mol. The molecule has 2 nitrogen and oxygen atoms in total. The Morgan fingerprint density at radius 1 is 0.192 bits per heavy atom.